The monoisotopic (exact) mass is 297 g/mol. The minimum absolute atomic E-state index is 0. The molecule has 0 radical (unpaired) electrons. The van der Waals surface area contributed by atoms with Gasteiger partial charge in [-0.05, 0) is 37.0 Å². The third kappa shape index (κ3) is 4.21. The van der Waals surface area contributed by atoms with Crippen molar-refractivity contribution in [2.24, 2.45) is 17.4 Å². The van der Waals surface area contributed by atoms with Gasteiger partial charge in [-0.3, -0.25) is 9.59 Å². The smallest absolute Gasteiger partial charge is 0.248 e. The number of nitrogens with one attached hydrogen (secondary N) is 1. The van der Waals surface area contributed by atoms with Crippen molar-refractivity contribution >= 4 is 24.2 Å². The number of halogens is 1. The summed E-state index contributed by atoms with van der Waals surface area (Å²) in [4.78, 5) is 22.8. The molecule has 2 amide bonds. The lowest BCUT2D eigenvalue weighted by atomic mass is 10.1. The molecule has 5 nitrogen and oxygen atoms in total. The number of carbonyl (C=O) groups is 2. The molecule has 0 aliphatic heterocycles. The van der Waals surface area contributed by atoms with Crippen LogP contribution in [0.3, 0.4) is 0 Å². The quantitative estimate of drug-likeness (QED) is 0.771. The molecule has 0 aromatic heterocycles. The SMILES string of the molecule is Cl.NC(=O)c1ccc(CNC(=O)C2CCC(N)C2)cc1. The first-order chi connectivity index (χ1) is 9.06. The van der Waals surface area contributed by atoms with E-state index in [0.29, 0.717) is 12.1 Å². The maximum absolute atomic E-state index is 11.9. The Morgan fingerprint density at radius 1 is 1.20 bits per heavy atom. The van der Waals surface area contributed by atoms with Gasteiger partial charge in [0, 0.05) is 24.1 Å². The van der Waals surface area contributed by atoms with Gasteiger partial charge in [0.2, 0.25) is 11.8 Å². The third-order valence-electron chi connectivity index (χ3n) is 3.55. The van der Waals surface area contributed by atoms with Crippen LogP contribution in [0.15, 0.2) is 24.3 Å². The number of benzene rings is 1. The van der Waals surface area contributed by atoms with Crippen LogP contribution in [0.2, 0.25) is 0 Å². The van der Waals surface area contributed by atoms with Crippen LogP contribution in [-0.4, -0.2) is 17.9 Å². The van der Waals surface area contributed by atoms with Gasteiger partial charge in [0.1, 0.15) is 0 Å². The molecule has 5 N–H and O–H groups in total. The third-order valence-corrected chi connectivity index (χ3v) is 3.55. The van der Waals surface area contributed by atoms with Crippen LogP contribution in [-0.2, 0) is 11.3 Å². The molecule has 0 spiro atoms. The summed E-state index contributed by atoms with van der Waals surface area (Å²) in [5, 5.41) is 2.90. The molecule has 1 saturated carbocycles. The van der Waals surface area contributed by atoms with Crippen LogP contribution in [0.5, 0.6) is 0 Å². The minimum atomic E-state index is -0.449. The van der Waals surface area contributed by atoms with Gasteiger partial charge in [0.15, 0.2) is 0 Å². The Bertz CT molecular complexity index is 476. The molecule has 1 aromatic carbocycles. The summed E-state index contributed by atoms with van der Waals surface area (Å²) in [7, 11) is 0. The number of hydrogen-bond donors (Lipinski definition) is 3. The molecule has 2 unspecified atom stereocenters. The number of amides is 2. The first kappa shape index (κ1) is 16.5. The molecule has 0 saturated heterocycles. The van der Waals surface area contributed by atoms with Crippen LogP contribution in [0.4, 0.5) is 0 Å². The molecule has 2 rings (SSSR count). The van der Waals surface area contributed by atoms with Crippen molar-refractivity contribution in [2.45, 2.75) is 31.8 Å². The highest BCUT2D eigenvalue weighted by molar-refractivity contribution is 5.92. The first-order valence-corrected chi connectivity index (χ1v) is 6.48. The van der Waals surface area contributed by atoms with Crippen molar-refractivity contribution in [1.29, 1.82) is 0 Å². The Hall–Kier alpha value is -1.59. The largest absolute Gasteiger partial charge is 0.366 e. The standard InChI is InChI=1S/C14H19N3O2.ClH/c15-12-6-5-11(7-12)14(19)17-8-9-1-3-10(4-2-9)13(16)18;/h1-4,11-12H,5-8,15H2,(H2,16,18)(H,17,19);1H. The Labute approximate surface area is 124 Å². The van der Waals surface area contributed by atoms with Crippen LogP contribution < -0.4 is 16.8 Å². The number of primary amides is 1. The fourth-order valence-electron chi connectivity index (χ4n) is 2.37. The predicted molar refractivity (Wildman–Crippen MR) is 79.4 cm³/mol. The molecule has 1 aliphatic carbocycles. The molecule has 1 fully saturated rings. The average Bonchev–Trinajstić information content (AvgIpc) is 2.83. The van der Waals surface area contributed by atoms with E-state index < -0.39 is 5.91 Å². The lowest BCUT2D eigenvalue weighted by Crippen LogP contribution is -2.30. The van der Waals surface area contributed by atoms with Crippen molar-refractivity contribution in [3.63, 3.8) is 0 Å². The van der Waals surface area contributed by atoms with E-state index in [1.807, 2.05) is 0 Å². The highest BCUT2D eigenvalue weighted by atomic mass is 35.5. The van der Waals surface area contributed by atoms with E-state index in [1.165, 1.54) is 0 Å². The van der Waals surface area contributed by atoms with Crippen molar-refractivity contribution < 1.29 is 9.59 Å². The first-order valence-electron chi connectivity index (χ1n) is 6.48. The minimum Gasteiger partial charge on any atom is -0.366 e. The highest BCUT2D eigenvalue weighted by Crippen LogP contribution is 2.24. The van der Waals surface area contributed by atoms with E-state index in [-0.39, 0.29) is 30.3 Å². The molecule has 2 atom stereocenters. The highest BCUT2D eigenvalue weighted by Gasteiger charge is 2.27. The maximum atomic E-state index is 11.9. The summed E-state index contributed by atoms with van der Waals surface area (Å²) < 4.78 is 0. The molecule has 6 heteroatoms. The van der Waals surface area contributed by atoms with Gasteiger partial charge in [-0.2, -0.15) is 0 Å². The molecule has 0 heterocycles. The zero-order chi connectivity index (χ0) is 13.8. The normalized spacial score (nSPS) is 21.1. The van der Waals surface area contributed by atoms with Crippen LogP contribution in [0, 0.1) is 5.92 Å². The van der Waals surface area contributed by atoms with Gasteiger partial charge in [-0.15, -0.1) is 12.4 Å². The molecular formula is C14H20ClN3O2. The van der Waals surface area contributed by atoms with Gasteiger partial charge in [-0.25, -0.2) is 0 Å². The van der Waals surface area contributed by atoms with Crippen molar-refractivity contribution in [3.05, 3.63) is 35.4 Å². The molecular weight excluding hydrogens is 278 g/mol. The van der Waals surface area contributed by atoms with Gasteiger partial charge < -0.3 is 16.8 Å². The van der Waals surface area contributed by atoms with E-state index in [9.17, 15) is 9.59 Å². The van der Waals surface area contributed by atoms with Gasteiger partial charge in [0.25, 0.3) is 0 Å². The van der Waals surface area contributed by atoms with Crippen LogP contribution >= 0.6 is 12.4 Å². The summed E-state index contributed by atoms with van der Waals surface area (Å²) in [5.41, 5.74) is 12.4. The Morgan fingerprint density at radius 3 is 2.35 bits per heavy atom. The second kappa shape index (κ2) is 7.26. The summed E-state index contributed by atoms with van der Waals surface area (Å²) >= 11 is 0. The Morgan fingerprint density at radius 2 is 1.85 bits per heavy atom. The predicted octanol–water partition coefficient (Wildman–Crippen LogP) is 0.951. The Balaban J connectivity index is 0.00000200. The van der Waals surface area contributed by atoms with E-state index in [1.54, 1.807) is 24.3 Å². The lowest BCUT2D eigenvalue weighted by molar-refractivity contribution is -0.125. The topological polar surface area (TPSA) is 98.2 Å². The molecule has 0 bridgehead atoms. The number of rotatable bonds is 4. The van der Waals surface area contributed by atoms with Crippen molar-refractivity contribution in [1.82, 2.24) is 5.32 Å². The van der Waals surface area contributed by atoms with Gasteiger partial charge in [-0.1, -0.05) is 12.1 Å². The molecule has 1 aliphatic rings. The fourth-order valence-corrected chi connectivity index (χ4v) is 2.37. The molecule has 1 aromatic rings. The molecule has 20 heavy (non-hydrogen) atoms. The van der Waals surface area contributed by atoms with Crippen LogP contribution in [0.25, 0.3) is 0 Å². The zero-order valence-electron chi connectivity index (χ0n) is 11.2. The van der Waals surface area contributed by atoms with Crippen molar-refractivity contribution in [3.8, 4) is 0 Å². The number of nitrogens with two attached hydrogens (primary N) is 2. The second-order valence-electron chi connectivity index (χ2n) is 5.05. The summed E-state index contributed by atoms with van der Waals surface area (Å²) in [5.74, 6) is -0.345. The lowest BCUT2D eigenvalue weighted by Gasteiger charge is -2.11. The van der Waals surface area contributed by atoms with Gasteiger partial charge >= 0.3 is 0 Å². The second-order valence-corrected chi connectivity index (χ2v) is 5.05. The summed E-state index contributed by atoms with van der Waals surface area (Å²) in [6, 6.07) is 7.07. The number of carbonyl (C=O) groups excluding carboxylic acids is 2. The van der Waals surface area contributed by atoms with E-state index in [4.69, 9.17) is 11.5 Å². The summed E-state index contributed by atoms with van der Waals surface area (Å²) in [6.45, 7) is 0.462. The van der Waals surface area contributed by atoms with Crippen LogP contribution in [0.1, 0.15) is 35.2 Å². The maximum Gasteiger partial charge on any atom is 0.248 e. The van der Waals surface area contributed by atoms with E-state index in [0.717, 1.165) is 24.8 Å². The van der Waals surface area contributed by atoms with E-state index in [2.05, 4.69) is 5.32 Å². The van der Waals surface area contributed by atoms with Crippen molar-refractivity contribution in [2.75, 3.05) is 0 Å². The van der Waals surface area contributed by atoms with E-state index >= 15 is 0 Å². The zero-order valence-corrected chi connectivity index (χ0v) is 12.0. The fraction of sp³-hybridized carbons (Fsp3) is 0.429. The molecule has 110 valence electrons. The number of hydrogen-bond acceptors (Lipinski definition) is 3. The van der Waals surface area contributed by atoms with Gasteiger partial charge in [0.05, 0.1) is 0 Å². The Kier molecular flexibility index (Phi) is 5.98. The summed E-state index contributed by atoms with van der Waals surface area (Å²) in [6.07, 6.45) is 2.56. The average molecular weight is 298 g/mol.